The van der Waals surface area contributed by atoms with E-state index in [0.717, 1.165) is 63.2 Å². The SMILES string of the molecule is Cc1cc(-c2cnc(N)c(Oc3cnn(C4CCN(C)CC4)c3)n2)cc(C)c1CNc1cnn(C2CCOCC2)c1. The van der Waals surface area contributed by atoms with Crippen molar-refractivity contribution in [2.24, 2.45) is 0 Å². The number of nitrogen functional groups attached to an aromatic ring is 1. The van der Waals surface area contributed by atoms with Gasteiger partial charge in [-0.05, 0) is 88.5 Å². The first kappa shape index (κ1) is 27.2. The molecule has 11 nitrogen and oxygen atoms in total. The highest BCUT2D eigenvalue weighted by atomic mass is 16.5. The number of nitrogens with one attached hydrogen (secondary N) is 1. The van der Waals surface area contributed by atoms with Crippen molar-refractivity contribution in [2.75, 3.05) is 44.4 Å². The molecule has 41 heavy (non-hydrogen) atoms. The number of hydrogen-bond acceptors (Lipinski definition) is 9. The van der Waals surface area contributed by atoms with Crippen molar-refractivity contribution in [3.8, 4) is 22.9 Å². The third kappa shape index (κ3) is 6.20. The summed E-state index contributed by atoms with van der Waals surface area (Å²) in [7, 11) is 2.15. The second-order valence-corrected chi connectivity index (χ2v) is 11.2. The standard InChI is InChI=1S/C30H39N9O2/c1-20-12-22(13-21(2)27(20)16-32-23-14-34-38(18-23)25-6-10-40-11-7-25)28-17-33-29(31)30(36-28)41-26-15-35-39(19-26)24-4-8-37(3)9-5-24/h12-15,17-19,24-25,32H,4-11,16H2,1-3H3,(H2,31,33). The maximum absolute atomic E-state index is 6.16. The lowest BCUT2D eigenvalue weighted by molar-refractivity contribution is 0.0662. The van der Waals surface area contributed by atoms with Gasteiger partial charge in [0.2, 0.25) is 0 Å². The van der Waals surface area contributed by atoms with Crippen molar-refractivity contribution < 1.29 is 9.47 Å². The number of likely N-dealkylation sites (tertiary alicyclic amines) is 1. The van der Waals surface area contributed by atoms with Gasteiger partial charge in [-0.3, -0.25) is 9.36 Å². The molecule has 11 heteroatoms. The Hall–Kier alpha value is -3.96. The van der Waals surface area contributed by atoms with E-state index in [1.165, 1.54) is 16.7 Å². The average molecular weight is 558 g/mol. The van der Waals surface area contributed by atoms with Gasteiger partial charge < -0.3 is 25.4 Å². The summed E-state index contributed by atoms with van der Waals surface area (Å²) in [4.78, 5) is 11.5. The molecule has 0 atom stereocenters. The Balaban J connectivity index is 1.13. The highest BCUT2D eigenvalue weighted by molar-refractivity contribution is 5.64. The van der Waals surface area contributed by atoms with Crippen LogP contribution in [0.25, 0.3) is 11.3 Å². The number of piperidine rings is 1. The van der Waals surface area contributed by atoms with Crippen molar-refractivity contribution >= 4 is 11.5 Å². The molecule has 0 radical (unpaired) electrons. The van der Waals surface area contributed by atoms with Crippen LogP contribution in [0.2, 0.25) is 0 Å². The topological polar surface area (TPSA) is 121 Å². The molecule has 0 saturated carbocycles. The highest BCUT2D eigenvalue weighted by Crippen LogP contribution is 2.31. The minimum absolute atomic E-state index is 0.247. The van der Waals surface area contributed by atoms with E-state index in [1.807, 2.05) is 17.1 Å². The number of rotatable bonds is 8. The maximum atomic E-state index is 6.16. The number of nitrogens with two attached hydrogens (primary N) is 1. The van der Waals surface area contributed by atoms with Crippen LogP contribution in [0.3, 0.4) is 0 Å². The maximum Gasteiger partial charge on any atom is 0.263 e. The molecule has 6 rings (SSSR count). The molecule has 2 fully saturated rings. The Labute approximate surface area is 240 Å². The number of aryl methyl sites for hydroxylation is 2. The predicted molar refractivity (Wildman–Crippen MR) is 158 cm³/mol. The molecule has 2 aliphatic rings. The largest absolute Gasteiger partial charge is 0.433 e. The van der Waals surface area contributed by atoms with Crippen LogP contribution < -0.4 is 15.8 Å². The number of benzene rings is 1. The van der Waals surface area contributed by atoms with E-state index in [2.05, 4.69) is 69.3 Å². The van der Waals surface area contributed by atoms with Gasteiger partial charge in [0.05, 0.1) is 48.3 Å². The predicted octanol–water partition coefficient (Wildman–Crippen LogP) is 4.76. The van der Waals surface area contributed by atoms with Crippen molar-refractivity contribution in [3.05, 3.63) is 59.8 Å². The lowest BCUT2D eigenvalue weighted by Gasteiger charge is -2.28. The molecule has 216 valence electrons. The van der Waals surface area contributed by atoms with Crippen LogP contribution >= 0.6 is 0 Å². The molecule has 0 unspecified atom stereocenters. The fourth-order valence-electron chi connectivity index (χ4n) is 5.73. The van der Waals surface area contributed by atoms with Gasteiger partial charge in [-0.15, -0.1) is 0 Å². The zero-order chi connectivity index (χ0) is 28.3. The minimum Gasteiger partial charge on any atom is -0.433 e. The second-order valence-electron chi connectivity index (χ2n) is 11.2. The first-order valence-electron chi connectivity index (χ1n) is 14.4. The molecule has 3 N–H and O–H groups in total. The Morgan fingerprint density at radius 3 is 2.39 bits per heavy atom. The first-order valence-corrected chi connectivity index (χ1v) is 14.4. The summed E-state index contributed by atoms with van der Waals surface area (Å²) in [6.07, 6.45) is 13.5. The van der Waals surface area contributed by atoms with Gasteiger partial charge in [0.15, 0.2) is 11.6 Å². The monoisotopic (exact) mass is 557 g/mol. The Bertz CT molecular complexity index is 1460. The van der Waals surface area contributed by atoms with Crippen LogP contribution in [0, 0.1) is 13.8 Å². The molecule has 3 aromatic heterocycles. The van der Waals surface area contributed by atoms with Crippen LogP contribution in [-0.4, -0.2) is 67.8 Å². The molecule has 0 bridgehead atoms. The van der Waals surface area contributed by atoms with Crippen LogP contribution in [-0.2, 0) is 11.3 Å². The van der Waals surface area contributed by atoms with Crippen molar-refractivity contribution in [2.45, 2.75) is 58.2 Å². The molecular formula is C30H39N9O2. The van der Waals surface area contributed by atoms with Gasteiger partial charge in [-0.1, -0.05) is 0 Å². The average Bonchev–Trinajstić information content (AvgIpc) is 3.65. The summed E-state index contributed by atoms with van der Waals surface area (Å²) in [5.41, 5.74) is 12.4. The van der Waals surface area contributed by atoms with Gasteiger partial charge in [0, 0.05) is 31.5 Å². The number of anilines is 2. The van der Waals surface area contributed by atoms with Crippen molar-refractivity contribution in [1.29, 1.82) is 0 Å². The van der Waals surface area contributed by atoms with Crippen LogP contribution in [0.4, 0.5) is 11.5 Å². The van der Waals surface area contributed by atoms with Gasteiger partial charge in [-0.25, -0.2) is 9.97 Å². The smallest absolute Gasteiger partial charge is 0.263 e. The lowest BCUT2D eigenvalue weighted by Crippen LogP contribution is -2.31. The third-order valence-electron chi connectivity index (χ3n) is 8.25. The molecule has 2 aliphatic heterocycles. The molecule has 0 amide bonds. The summed E-state index contributed by atoms with van der Waals surface area (Å²) in [6, 6.07) is 5.06. The van der Waals surface area contributed by atoms with E-state index in [-0.39, 0.29) is 11.7 Å². The molecule has 0 spiro atoms. The number of ether oxygens (including phenoxy) is 2. The summed E-state index contributed by atoms with van der Waals surface area (Å²) in [6.45, 7) is 8.69. The second kappa shape index (κ2) is 11.9. The quantitative estimate of drug-likeness (QED) is 0.316. The summed E-state index contributed by atoms with van der Waals surface area (Å²) >= 11 is 0. The fourth-order valence-corrected chi connectivity index (χ4v) is 5.73. The minimum atomic E-state index is 0.247. The Morgan fingerprint density at radius 2 is 1.63 bits per heavy atom. The zero-order valence-electron chi connectivity index (χ0n) is 24.1. The number of nitrogens with zero attached hydrogens (tertiary/aromatic N) is 7. The Morgan fingerprint density at radius 1 is 0.951 bits per heavy atom. The molecular weight excluding hydrogens is 518 g/mol. The van der Waals surface area contributed by atoms with Gasteiger partial charge in [0.1, 0.15) is 0 Å². The van der Waals surface area contributed by atoms with Gasteiger partial charge >= 0.3 is 0 Å². The van der Waals surface area contributed by atoms with Crippen molar-refractivity contribution in [1.82, 2.24) is 34.4 Å². The zero-order valence-corrected chi connectivity index (χ0v) is 24.1. The Kier molecular flexibility index (Phi) is 7.89. The van der Waals surface area contributed by atoms with Crippen LogP contribution in [0.1, 0.15) is 54.5 Å². The molecule has 1 aromatic carbocycles. The van der Waals surface area contributed by atoms with E-state index in [0.29, 0.717) is 30.1 Å². The third-order valence-corrected chi connectivity index (χ3v) is 8.25. The van der Waals surface area contributed by atoms with Crippen LogP contribution in [0.15, 0.2) is 43.1 Å². The number of hydrogen-bond donors (Lipinski definition) is 2. The van der Waals surface area contributed by atoms with E-state index < -0.39 is 0 Å². The van der Waals surface area contributed by atoms with Crippen LogP contribution in [0.5, 0.6) is 11.6 Å². The van der Waals surface area contributed by atoms with E-state index in [4.69, 9.17) is 20.2 Å². The van der Waals surface area contributed by atoms with E-state index >= 15 is 0 Å². The van der Waals surface area contributed by atoms with Crippen molar-refractivity contribution in [3.63, 3.8) is 0 Å². The highest BCUT2D eigenvalue weighted by Gasteiger charge is 2.20. The summed E-state index contributed by atoms with van der Waals surface area (Å²) < 4.78 is 15.6. The summed E-state index contributed by atoms with van der Waals surface area (Å²) in [5.74, 6) is 1.14. The number of aromatic nitrogens is 6. The summed E-state index contributed by atoms with van der Waals surface area (Å²) in [5, 5.41) is 12.7. The van der Waals surface area contributed by atoms with Gasteiger partial charge in [-0.2, -0.15) is 10.2 Å². The van der Waals surface area contributed by atoms with E-state index in [1.54, 1.807) is 12.4 Å². The lowest BCUT2D eigenvalue weighted by atomic mass is 9.98. The first-order chi connectivity index (χ1) is 19.9. The van der Waals surface area contributed by atoms with E-state index in [9.17, 15) is 0 Å². The molecule has 5 heterocycles. The fraction of sp³-hybridized carbons (Fsp3) is 0.467. The molecule has 2 saturated heterocycles. The molecule has 0 aliphatic carbocycles. The molecule has 4 aromatic rings. The normalized spacial score (nSPS) is 17.1. The van der Waals surface area contributed by atoms with Gasteiger partial charge in [0.25, 0.3) is 5.88 Å².